The molecule has 1 aliphatic heterocycles. The average molecular weight is 347 g/mol. The molecule has 0 spiro atoms. The SMILES string of the molecule is C[Si]1(C)c2c(C3=C(OCCO)C=CC3)cc3c(c21)Cc1ccccc1-3. The molecule has 25 heavy (non-hydrogen) atoms. The monoisotopic (exact) mass is 346 g/mol. The van der Waals surface area contributed by atoms with Gasteiger partial charge in [-0.15, -0.1) is 0 Å². The maximum Gasteiger partial charge on any atom is 0.123 e. The van der Waals surface area contributed by atoms with Crippen molar-refractivity contribution in [3.8, 4) is 11.1 Å². The highest BCUT2D eigenvalue weighted by Crippen LogP contribution is 2.42. The summed E-state index contributed by atoms with van der Waals surface area (Å²) in [5.41, 5.74) is 8.59. The van der Waals surface area contributed by atoms with E-state index in [-0.39, 0.29) is 6.61 Å². The molecule has 0 saturated heterocycles. The van der Waals surface area contributed by atoms with Gasteiger partial charge < -0.3 is 9.84 Å². The maximum atomic E-state index is 9.10. The molecule has 3 heteroatoms. The van der Waals surface area contributed by atoms with Crippen molar-refractivity contribution in [1.29, 1.82) is 0 Å². The summed E-state index contributed by atoms with van der Waals surface area (Å²) in [4.78, 5) is 0. The van der Waals surface area contributed by atoms with Crippen molar-refractivity contribution >= 4 is 24.0 Å². The van der Waals surface area contributed by atoms with Crippen molar-refractivity contribution < 1.29 is 9.84 Å². The topological polar surface area (TPSA) is 29.5 Å². The minimum atomic E-state index is -1.43. The zero-order chi connectivity index (χ0) is 17.2. The first kappa shape index (κ1) is 15.2. The van der Waals surface area contributed by atoms with Crippen LogP contribution in [0, 0.1) is 0 Å². The van der Waals surface area contributed by atoms with Crippen LogP contribution in [-0.2, 0) is 11.2 Å². The van der Waals surface area contributed by atoms with E-state index in [0.29, 0.717) is 6.61 Å². The van der Waals surface area contributed by atoms with Gasteiger partial charge >= 0.3 is 0 Å². The fourth-order valence-corrected chi connectivity index (χ4v) is 8.56. The molecule has 2 aliphatic carbocycles. The third-order valence-electron chi connectivity index (χ3n) is 5.86. The second-order valence-electron chi connectivity index (χ2n) is 7.68. The molecule has 0 amide bonds. The Morgan fingerprint density at radius 1 is 1.08 bits per heavy atom. The first-order chi connectivity index (χ1) is 12.1. The highest BCUT2D eigenvalue weighted by atomic mass is 28.3. The Kier molecular flexibility index (Phi) is 3.15. The Hall–Kier alpha value is -2.10. The van der Waals surface area contributed by atoms with E-state index < -0.39 is 8.07 Å². The molecular weight excluding hydrogens is 324 g/mol. The zero-order valence-electron chi connectivity index (χ0n) is 14.7. The lowest BCUT2D eigenvalue weighted by Gasteiger charge is -2.11. The summed E-state index contributed by atoms with van der Waals surface area (Å²) >= 11 is 0. The molecule has 2 aromatic rings. The number of rotatable bonds is 4. The molecule has 1 heterocycles. The Morgan fingerprint density at radius 2 is 1.92 bits per heavy atom. The fourth-order valence-electron chi connectivity index (χ4n) is 4.71. The Balaban J connectivity index is 1.69. The van der Waals surface area contributed by atoms with Gasteiger partial charge in [-0.05, 0) is 58.0 Å². The molecule has 126 valence electrons. The lowest BCUT2D eigenvalue weighted by atomic mass is 9.98. The summed E-state index contributed by atoms with van der Waals surface area (Å²) < 4.78 is 5.81. The number of aliphatic hydroxyl groups excluding tert-OH is 1. The van der Waals surface area contributed by atoms with Gasteiger partial charge in [0.05, 0.1) is 6.61 Å². The van der Waals surface area contributed by atoms with Gasteiger partial charge in [0.1, 0.15) is 20.4 Å². The van der Waals surface area contributed by atoms with E-state index in [0.717, 1.165) is 18.6 Å². The van der Waals surface area contributed by atoms with Crippen LogP contribution < -0.4 is 10.4 Å². The summed E-state index contributed by atoms with van der Waals surface area (Å²) in [6, 6.07) is 11.3. The van der Waals surface area contributed by atoms with Crippen LogP contribution in [0.1, 0.15) is 23.1 Å². The van der Waals surface area contributed by atoms with Crippen LogP contribution in [0.2, 0.25) is 13.1 Å². The molecule has 0 saturated carbocycles. The fraction of sp³-hybridized carbons (Fsp3) is 0.273. The van der Waals surface area contributed by atoms with E-state index in [1.165, 1.54) is 27.8 Å². The predicted molar refractivity (Wildman–Crippen MR) is 105 cm³/mol. The van der Waals surface area contributed by atoms with Gasteiger partial charge in [0.25, 0.3) is 0 Å². The van der Waals surface area contributed by atoms with Crippen LogP contribution in [0.4, 0.5) is 0 Å². The van der Waals surface area contributed by atoms with E-state index in [2.05, 4.69) is 55.6 Å². The minimum absolute atomic E-state index is 0.0561. The summed E-state index contributed by atoms with van der Waals surface area (Å²) in [6.07, 6.45) is 6.26. The molecule has 2 nitrogen and oxygen atoms in total. The van der Waals surface area contributed by atoms with Gasteiger partial charge in [0.15, 0.2) is 0 Å². The molecule has 0 unspecified atom stereocenters. The molecule has 0 radical (unpaired) electrons. The first-order valence-electron chi connectivity index (χ1n) is 9.05. The maximum absolute atomic E-state index is 9.10. The van der Waals surface area contributed by atoms with E-state index in [9.17, 15) is 0 Å². The standard InChI is InChI=1S/C22H22O2Si/c1-25(2)21-18-12-14-6-3-4-7-15(14)17(18)13-19(22(21)25)16-8-5-9-20(16)24-11-10-23/h3-7,9,13,23H,8,10-12H2,1-2H3. The van der Waals surface area contributed by atoms with Gasteiger partial charge in [-0.2, -0.15) is 0 Å². The van der Waals surface area contributed by atoms with Gasteiger partial charge in [-0.1, -0.05) is 48.6 Å². The van der Waals surface area contributed by atoms with Gasteiger partial charge in [0, 0.05) is 5.57 Å². The number of hydrogen-bond acceptors (Lipinski definition) is 2. The zero-order valence-corrected chi connectivity index (χ0v) is 15.7. The molecule has 5 rings (SSSR count). The Labute approximate surface area is 149 Å². The van der Waals surface area contributed by atoms with E-state index in [4.69, 9.17) is 9.84 Å². The third-order valence-corrected chi connectivity index (χ3v) is 9.18. The van der Waals surface area contributed by atoms with Crippen LogP contribution in [0.15, 0.2) is 48.2 Å². The van der Waals surface area contributed by atoms with E-state index in [1.54, 1.807) is 15.9 Å². The molecule has 0 bridgehead atoms. The van der Waals surface area contributed by atoms with Crippen molar-refractivity contribution in [3.63, 3.8) is 0 Å². The molecular formula is C22H22O2Si. The number of allylic oxidation sites excluding steroid dienone is 3. The molecule has 0 fully saturated rings. The average Bonchev–Trinajstić information content (AvgIpc) is 2.98. The van der Waals surface area contributed by atoms with Crippen LogP contribution in [-0.4, -0.2) is 26.4 Å². The summed E-state index contributed by atoms with van der Waals surface area (Å²) in [6.45, 7) is 5.36. The third kappa shape index (κ3) is 2.06. The molecule has 1 N–H and O–H groups in total. The largest absolute Gasteiger partial charge is 0.491 e. The normalized spacial score (nSPS) is 18.2. The van der Waals surface area contributed by atoms with Crippen molar-refractivity contribution in [3.05, 3.63) is 64.9 Å². The number of ether oxygens (including phenoxy) is 1. The van der Waals surface area contributed by atoms with Crippen LogP contribution in [0.5, 0.6) is 0 Å². The first-order valence-corrected chi connectivity index (χ1v) is 12.1. The quantitative estimate of drug-likeness (QED) is 0.736. The van der Waals surface area contributed by atoms with Crippen molar-refractivity contribution in [2.45, 2.75) is 25.9 Å². The van der Waals surface area contributed by atoms with Gasteiger partial charge in [-0.3, -0.25) is 0 Å². The van der Waals surface area contributed by atoms with Crippen molar-refractivity contribution in [1.82, 2.24) is 0 Å². The number of fused-ring (bicyclic) bond motifs is 5. The molecule has 3 aliphatic rings. The number of hydrogen-bond donors (Lipinski definition) is 1. The van der Waals surface area contributed by atoms with Crippen LogP contribution in [0.3, 0.4) is 0 Å². The smallest absolute Gasteiger partial charge is 0.123 e. The minimum Gasteiger partial charge on any atom is -0.491 e. The van der Waals surface area contributed by atoms with E-state index in [1.807, 2.05) is 0 Å². The molecule has 0 atom stereocenters. The summed E-state index contributed by atoms with van der Waals surface area (Å²) in [5.74, 6) is 0.944. The van der Waals surface area contributed by atoms with Crippen molar-refractivity contribution in [2.75, 3.05) is 13.2 Å². The lowest BCUT2D eigenvalue weighted by Crippen LogP contribution is -2.20. The van der Waals surface area contributed by atoms with Crippen LogP contribution in [0.25, 0.3) is 16.7 Å². The Morgan fingerprint density at radius 3 is 2.76 bits per heavy atom. The molecule has 2 aromatic carbocycles. The number of benzene rings is 2. The highest BCUT2D eigenvalue weighted by Gasteiger charge is 2.50. The lowest BCUT2D eigenvalue weighted by molar-refractivity contribution is 0.153. The second kappa shape index (κ2) is 5.20. The molecule has 0 aromatic heterocycles. The van der Waals surface area contributed by atoms with E-state index >= 15 is 0 Å². The predicted octanol–water partition coefficient (Wildman–Crippen LogP) is 3.07. The van der Waals surface area contributed by atoms with Gasteiger partial charge in [-0.25, -0.2) is 0 Å². The van der Waals surface area contributed by atoms with Crippen molar-refractivity contribution in [2.24, 2.45) is 0 Å². The number of aliphatic hydroxyl groups is 1. The second-order valence-corrected chi connectivity index (χ2v) is 11.9. The highest BCUT2D eigenvalue weighted by molar-refractivity contribution is 7.16. The Bertz CT molecular complexity index is 966. The van der Waals surface area contributed by atoms with Gasteiger partial charge in [0.2, 0.25) is 0 Å². The summed E-state index contributed by atoms with van der Waals surface area (Å²) in [5, 5.41) is 12.4. The summed E-state index contributed by atoms with van der Waals surface area (Å²) in [7, 11) is -1.43. The van der Waals surface area contributed by atoms with Crippen LogP contribution >= 0.6 is 0 Å².